The molecule has 1 aromatic carbocycles. The predicted octanol–water partition coefficient (Wildman–Crippen LogP) is 3.37. The van der Waals surface area contributed by atoms with Gasteiger partial charge in [-0.25, -0.2) is 9.97 Å². The van der Waals surface area contributed by atoms with E-state index in [1.807, 2.05) is 32.2 Å². The molecule has 0 atom stereocenters. The fourth-order valence-electron chi connectivity index (χ4n) is 2.06. The molecular formula is C14H17ClN4O. The van der Waals surface area contributed by atoms with Crippen LogP contribution in [0.5, 0.6) is 0 Å². The Kier molecular flexibility index (Phi) is 4.76. The Labute approximate surface area is 123 Å². The smallest absolute Gasteiger partial charge is 0.136 e. The first-order valence-electron chi connectivity index (χ1n) is 6.31. The highest BCUT2D eigenvalue weighted by Gasteiger charge is 2.12. The molecule has 0 saturated carbocycles. The van der Waals surface area contributed by atoms with Crippen LogP contribution < -0.4 is 10.8 Å². The van der Waals surface area contributed by atoms with Crippen molar-refractivity contribution in [2.45, 2.75) is 13.3 Å². The second kappa shape index (κ2) is 6.54. The lowest BCUT2D eigenvalue weighted by molar-refractivity contribution is 0.271. The van der Waals surface area contributed by atoms with Crippen LogP contribution in [0.2, 0.25) is 5.15 Å². The summed E-state index contributed by atoms with van der Waals surface area (Å²) < 4.78 is 0. The lowest BCUT2D eigenvalue weighted by atomic mass is 10.0. The van der Waals surface area contributed by atoms with Crippen molar-refractivity contribution in [1.29, 1.82) is 0 Å². The van der Waals surface area contributed by atoms with Gasteiger partial charge in [-0.05, 0) is 18.6 Å². The van der Waals surface area contributed by atoms with Gasteiger partial charge in [0.15, 0.2) is 0 Å². The Hall–Kier alpha value is -1.85. The fourth-order valence-corrected chi connectivity index (χ4v) is 2.32. The Bertz CT molecular complexity index is 604. The Morgan fingerprint density at radius 3 is 2.70 bits per heavy atom. The summed E-state index contributed by atoms with van der Waals surface area (Å²) in [7, 11) is 3.43. The van der Waals surface area contributed by atoms with Crippen LogP contribution in [0.3, 0.4) is 0 Å². The normalized spacial score (nSPS) is 10.4. The van der Waals surface area contributed by atoms with Gasteiger partial charge < -0.3 is 5.32 Å². The van der Waals surface area contributed by atoms with Gasteiger partial charge in [0.25, 0.3) is 0 Å². The largest absolute Gasteiger partial charge is 0.386 e. The Morgan fingerprint density at radius 2 is 2.05 bits per heavy atom. The molecular weight excluding hydrogens is 276 g/mol. The maximum atomic E-state index is 6.14. The summed E-state index contributed by atoms with van der Waals surface area (Å²) in [6, 6.07) is 5.92. The minimum atomic E-state index is 0.497. The molecule has 1 aromatic heterocycles. The first-order valence-corrected chi connectivity index (χ1v) is 6.69. The Morgan fingerprint density at radius 1 is 1.25 bits per heavy atom. The maximum Gasteiger partial charge on any atom is 0.136 e. The number of hydrogen-bond donors (Lipinski definition) is 2. The molecule has 20 heavy (non-hydrogen) atoms. The molecule has 1 heterocycles. The third kappa shape index (κ3) is 2.84. The molecule has 106 valence electrons. The van der Waals surface area contributed by atoms with Crippen molar-refractivity contribution in [2.75, 3.05) is 25.0 Å². The van der Waals surface area contributed by atoms with E-state index in [2.05, 4.69) is 20.8 Å². The van der Waals surface area contributed by atoms with Crippen LogP contribution in [0.4, 0.5) is 11.4 Å². The zero-order valence-electron chi connectivity index (χ0n) is 11.7. The highest BCUT2D eigenvalue weighted by atomic mass is 35.5. The van der Waals surface area contributed by atoms with Gasteiger partial charge in [-0.2, -0.15) is 0 Å². The zero-order valence-corrected chi connectivity index (χ0v) is 12.5. The van der Waals surface area contributed by atoms with Gasteiger partial charge in [0.05, 0.1) is 24.2 Å². The summed E-state index contributed by atoms with van der Waals surface area (Å²) >= 11 is 6.14. The molecule has 0 spiro atoms. The van der Waals surface area contributed by atoms with Crippen LogP contribution in [0.25, 0.3) is 11.3 Å². The predicted molar refractivity (Wildman–Crippen MR) is 82.0 cm³/mol. The molecule has 0 fully saturated rings. The molecule has 0 unspecified atom stereocenters. The van der Waals surface area contributed by atoms with Crippen molar-refractivity contribution in [3.8, 4) is 11.3 Å². The van der Waals surface area contributed by atoms with Gasteiger partial charge in [-0.3, -0.25) is 10.3 Å². The molecule has 0 saturated heterocycles. The van der Waals surface area contributed by atoms with Gasteiger partial charge in [-0.15, -0.1) is 0 Å². The van der Waals surface area contributed by atoms with Gasteiger partial charge in [-0.1, -0.05) is 24.6 Å². The van der Waals surface area contributed by atoms with Crippen LogP contribution in [0.15, 0.2) is 24.5 Å². The standard InChI is InChI=1S/C14H17ClN4O/c1-4-10-13(17-8-18-14(10)15)9-5-6-11(16-2)12(7-9)19-20-3/h5-8,16,19H,4H2,1-3H3. The molecule has 6 heteroatoms. The molecule has 5 nitrogen and oxygen atoms in total. The van der Waals surface area contributed by atoms with Crippen molar-refractivity contribution in [1.82, 2.24) is 9.97 Å². The summed E-state index contributed by atoms with van der Waals surface area (Å²) in [5.41, 5.74) is 7.37. The lowest BCUT2D eigenvalue weighted by Crippen LogP contribution is -2.02. The number of nitrogens with zero attached hydrogens (tertiary/aromatic N) is 2. The summed E-state index contributed by atoms with van der Waals surface area (Å²) in [6.45, 7) is 2.03. The van der Waals surface area contributed by atoms with Crippen LogP contribution >= 0.6 is 11.6 Å². The summed E-state index contributed by atoms with van der Waals surface area (Å²) in [5, 5.41) is 3.59. The van der Waals surface area contributed by atoms with E-state index >= 15 is 0 Å². The van der Waals surface area contributed by atoms with E-state index in [0.29, 0.717) is 5.15 Å². The lowest BCUT2D eigenvalue weighted by Gasteiger charge is -2.13. The number of halogens is 1. The van der Waals surface area contributed by atoms with Gasteiger partial charge in [0, 0.05) is 18.2 Å². The molecule has 0 aliphatic rings. The zero-order chi connectivity index (χ0) is 14.5. The first-order chi connectivity index (χ1) is 9.71. The number of benzene rings is 1. The number of aromatic nitrogens is 2. The number of rotatable bonds is 5. The van der Waals surface area contributed by atoms with Crippen molar-refractivity contribution in [2.24, 2.45) is 0 Å². The van der Waals surface area contributed by atoms with E-state index in [9.17, 15) is 0 Å². The summed E-state index contributed by atoms with van der Waals surface area (Å²) in [5.74, 6) is 0. The molecule has 2 aromatic rings. The van der Waals surface area contributed by atoms with Crippen LogP contribution in [0.1, 0.15) is 12.5 Å². The van der Waals surface area contributed by atoms with Crippen molar-refractivity contribution in [3.05, 3.63) is 35.2 Å². The molecule has 0 aliphatic carbocycles. The fraction of sp³-hybridized carbons (Fsp3) is 0.286. The Balaban J connectivity index is 2.53. The maximum absolute atomic E-state index is 6.14. The third-order valence-electron chi connectivity index (χ3n) is 3.02. The van der Waals surface area contributed by atoms with E-state index in [-0.39, 0.29) is 0 Å². The van der Waals surface area contributed by atoms with Gasteiger partial charge >= 0.3 is 0 Å². The van der Waals surface area contributed by atoms with E-state index in [1.54, 1.807) is 7.11 Å². The van der Waals surface area contributed by atoms with E-state index in [4.69, 9.17) is 16.4 Å². The van der Waals surface area contributed by atoms with Crippen molar-refractivity contribution < 1.29 is 4.84 Å². The molecule has 0 bridgehead atoms. The number of nitrogens with one attached hydrogen (secondary N) is 2. The van der Waals surface area contributed by atoms with E-state index < -0.39 is 0 Å². The van der Waals surface area contributed by atoms with E-state index in [1.165, 1.54) is 6.33 Å². The summed E-state index contributed by atoms with van der Waals surface area (Å²) in [6.07, 6.45) is 2.25. The minimum Gasteiger partial charge on any atom is -0.386 e. The van der Waals surface area contributed by atoms with Crippen molar-refractivity contribution in [3.63, 3.8) is 0 Å². The molecule has 0 aliphatic heterocycles. The molecule has 0 amide bonds. The number of anilines is 2. The second-order valence-electron chi connectivity index (χ2n) is 4.16. The number of hydrogen-bond acceptors (Lipinski definition) is 5. The average Bonchev–Trinajstić information content (AvgIpc) is 2.47. The minimum absolute atomic E-state index is 0.497. The second-order valence-corrected chi connectivity index (χ2v) is 4.52. The monoisotopic (exact) mass is 292 g/mol. The molecule has 2 rings (SSSR count). The molecule has 0 radical (unpaired) electrons. The highest BCUT2D eigenvalue weighted by molar-refractivity contribution is 6.30. The van der Waals surface area contributed by atoms with Crippen LogP contribution in [0, 0.1) is 0 Å². The van der Waals surface area contributed by atoms with E-state index in [0.717, 1.165) is 34.6 Å². The third-order valence-corrected chi connectivity index (χ3v) is 3.35. The van der Waals surface area contributed by atoms with Gasteiger partial charge in [0.2, 0.25) is 0 Å². The average molecular weight is 293 g/mol. The molecule has 2 N–H and O–H groups in total. The highest BCUT2D eigenvalue weighted by Crippen LogP contribution is 2.31. The first kappa shape index (κ1) is 14.6. The van der Waals surface area contributed by atoms with Crippen LogP contribution in [-0.2, 0) is 11.3 Å². The van der Waals surface area contributed by atoms with Crippen LogP contribution in [-0.4, -0.2) is 24.1 Å². The quantitative estimate of drug-likeness (QED) is 0.653. The topological polar surface area (TPSA) is 59.1 Å². The summed E-state index contributed by atoms with van der Waals surface area (Å²) in [4.78, 5) is 13.4. The SMILES string of the molecule is CCc1c(Cl)ncnc1-c1ccc(NC)c(NOC)c1. The van der Waals surface area contributed by atoms with Crippen molar-refractivity contribution >= 4 is 23.0 Å². The van der Waals surface area contributed by atoms with Gasteiger partial charge in [0.1, 0.15) is 11.5 Å².